The Balaban J connectivity index is 2.26. The fraction of sp³-hybridized carbons (Fsp3) is 0.600. The minimum atomic E-state index is -0.0435. The second kappa shape index (κ2) is 3.92. The maximum atomic E-state index is 11.2. The zero-order valence-corrected chi connectivity index (χ0v) is 8.34. The van der Waals surface area contributed by atoms with Crippen molar-refractivity contribution >= 4 is 0 Å². The van der Waals surface area contributed by atoms with Crippen molar-refractivity contribution in [1.29, 1.82) is 0 Å². The zero-order valence-electron chi connectivity index (χ0n) is 8.34. The molecule has 2 heterocycles. The Labute approximate surface area is 82.8 Å². The second-order valence-corrected chi connectivity index (χ2v) is 3.80. The van der Waals surface area contributed by atoms with Crippen LogP contribution in [0.15, 0.2) is 10.9 Å². The normalized spacial score (nSPS) is 22.2. The molecule has 0 spiro atoms. The van der Waals surface area contributed by atoms with E-state index in [0.717, 1.165) is 31.6 Å². The minimum Gasteiger partial charge on any atom is -0.316 e. The molecule has 76 valence electrons. The molecule has 1 fully saturated rings. The Hall–Kier alpha value is -1.16. The smallest absolute Gasteiger partial charge is 0.251 e. The molecule has 0 saturated carbocycles. The molecule has 2 N–H and O–H groups in total. The quantitative estimate of drug-likeness (QED) is 0.684. The first-order chi connectivity index (χ1) is 6.75. The summed E-state index contributed by atoms with van der Waals surface area (Å²) < 4.78 is 0. The van der Waals surface area contributed by atoms with Crippen molar-refractivity contribution in [2.75, 3.05) is 13.1 Å². The standard InChI is InChI=1S/C10H15N3O/c1-7-12-9(5-10(14)13-7)8-3-2-4-11-6-8/h5,8,11H,2-4,6H2,1H3,(H,12,13,14)/t8-/m0/s1. The fourth-order valence-corrected chi connectivity index (χ4v) is 1.92. The number of hydrogen-bond donors (Lipinski definition) is 2. The van der Waals surface area contributed by atoms with E-state index in [1.807, 2.05) is 6.92 Å². The lowest BCUT2D eigenvalue weighted by Crippen LogP contribution is -2.29. The molecule has 0 aliphatic carbocycles. The van der Waals surface area contributed by atoms with Crippen LogP contribution in [0.3, 0.4) is 0 Å². The van der Waals surface area contributed by atoms with E-state index in [1.165, 1.54) is 0 Å². The highest BCUT2D eigenvalue weighted by Gasteiger charge is 2.16. The van der Waals surface area contributed by atoms with Gasteiger partial charge in [-0.2, -0.15) is 0 Å². The van der Waals surface area contributed by atoms with Crippen LogP contribution in [-0.4, -0.2) is 23.1 Å². The Morgan fingerprint density at radius 2 is 2.43 bits per heavy atom. The largest absolute Gasteiger partial charge is 0.316 e. The van der Waals surface area contributed by atoms with E-state index in [4.69, 9.17) is 0 Å². The predicted molar refractivity (Wildman–Crippen MR) is 54.4 cm³/mol. The SMILES string of the molecule is Cc1nc([C@H]2CCCNC2)cc(=O)[nH]1. The first-order valence-electron chi connectivity index (χ1n) is 5.04. The predicted octanol–water partition coefficient (Wildman–Crippen LogP) is 0.545. The molecule has 1 aromatic rings. The van der Waals surface area contributed by atoms with Crippen molar-refractivity contribution in [2.45, 2.75) is 25.7 Å². The molecule has 4 nitrogen and oxygen atoms in total. The summed E-state index contributed by atoms with van der Waals surface area (Å²) in [5.41, 5.74) is 0.886. The third-order valence-corrected chi connectivity index (χ3v) is 2.60. The van der Waals surface area contributed by atoms with E-state index in [1.54, 1.807) is 6.07 Å². The first-order valence-corrected chi connectivity index (χ1v) is 5.04. The Kier molecular flexibility index (Phi) is 2.63. The topological polar surface area (TPSA) is 57.8 Å². The molecule has 1 aliphatic heterocycles. The van der Waals surface area contributed by atoms with Gasteiger partial charge in [-0.25, -0.2) is 4.98 Å². The van der Waals surface area contributed by atoms with Gasteiger partial charge in [0, 0.05) is 18.5 Å². The van der Waals surface area contributed by atoms with E-state index < -0.39 is 0 Å². The van der Waals surface area contributed by atoms with Crippen molar-refractivity contribution in [3.8, 4) is 0 Å². The average Bonchev–Trinajstić information content (AvgIpc) is 2.18. The van der Waals surface area contributed by atoms with Gasteiger partial charge in [0.1, 0.15) is 5.82 Å². The fourth-order valence-electron chi connectivity index (χ4n) is 1.92. The first kappa shape index (κ1) is 9.40. The van der Waals surface area contributed by atoms with Crippen LogP contribution >= 0.6 is 0 Å². The molecule has 0 amide bonds. The summed E-state index contributed by atoms with van der Waals surface area (Å²) in [4.78, 5) is 18.3. The Bertz CT molecular complexity index is 366. The number of rotatable bonds is 1. The zero-order chi connectivity index (χ0) is 9.97. The minimum absolute atomic E-state index is 0.0435. The van der Waals surface area contributed by atoms with E-state index in [2.05, 4.69) is 15.3 Å². The molecule has 0 aromatic carbocycles. The monoisotopic (exact) mass is 193 g/mol. The summed E-state index contributed by atoms with van der Waals surface area (Å²) >= 11 is 0. The molecule has 0 unspecified atom stereocenters. The lowest BCUT2D eigenvalue weighted by Gasteiger charge is -2.21. The van der Waals surface area contributed by atoms with Gasteiger partial charge in [-0.15, -0.1) is 0 Å². The number of aryl methyl sites for hydroxylation is 1. The van der Waals surface area contributed by atoms with E-state index in [9.17, 15) is 4.79 Å². The Morgan fingerprint density at radius 1 is 1.57 bits per heavy atom. The van der Waals surface area contributed by atoms with Gasteiger partial charge in [-0.3, -0.25) is 4.79 Å². The van der Waals surface area contributed by atoms with Crippen LogP contribution in [-0.2, 0) is 0 Å². The molecular formula is C10H15N3O. The molecule has 1 aromatic heterocycles. The van der Waals surface area contributed by atoms with E-state index >= 15 is 0 Å². The molecule has 1 saturated heterocycles. The van der Waals surface area contributed by atoms with Crippen LogP contribution in [0.2, 0.25) is 0 Å². The average molecular weight is 193 g/mol. The molecule has 1 atom stereocenters. The highest BCUT2D eigenvalue weighted by atomic mass is 16.1. The summed E-state index contributed by atoms with van der Waals surface area (Å²) in [7, 11) is 0. The molecule has 0 radical (unpaired) electrons. The van der Waals surface area contributed by atoms with E-state index in [0.29, 0.717) is 11.7 Å². The van der Waals surface area contributed by atoms with Gasteiger partial charge in [-0.05, 0) is 26.3 Å². The van der Waals surface area contributed by atoms with E-state index in [-0.39, 0.29) is 5.56 Å². The highest BCUT2D eigenvalue weighted by molar-refractivity contribution is 5.09. The van der Waals surface area contributed by atoms with Crippen molar-refractivity contribution in [3.05, 3.63) is 27.9 Å². The van der Waals surface area contributed by atoms with Crippen LogP contribution < -0.4 is 10.9 Å². The third-order valence-electron chi connectivity index (χ3n) is 2.60. The van der Waals surface area contributed by atoms with Crippen molar-refractivity contribution in [3.63, 3.8) is 0 Å². The lowest BCUT2D eigenvalue weighted by atomic mass is 9.96. The number of H-pyrrole nitrogens is 1. The van der Waals surface area contributed by atoms with Crippen LogP contribution in [0.4, 0.5) is 0 Å². The van der Waals surface area contributed by atoms with Gasteiger partial charge in [0.05, 0.1) is 5.69 Å². The molecule has 2 rings (SSSR count). The number of aromatic nitrogens is 2. The molecule has 14 heavy (non-hydrogen) atoms. The Morgan fingerprint density at radius 3 is 3.07 bits per heavy atom. The molecular weight excluding hydrogens is 178 g/mol. The van der Waals surface area contributed by atoms with Crippen LogP contribution in [0, 0.1) is 6.92 Å². The van der Waals surface area contributed by atoms with Gasteiger partial charge in [0.2, 0.25) is 0 Å². The number of nitrogens with one attached hydrogen (secondary N) is 2. The summed E-state index contributed by atoms with van der Waals surface area (Å²) in [5.74, 6) is 1.11. The maximum Gasteiger partial charge on any atom is 0.251 e. The lowest BCUT2D eigenvalue weighted by molar-refractivity contribution is 0.453. The molecule has 1 aliphatic rings. The van der Waals surface area contributed by atoms with Crippen molar-refractivity contribution in [2.24, 2.45) is 0 Å². The van der Waals surface area contributed by atoms with Gasteiger partial charge in [0.15, 0.2) is 0 Å². The third kappa shape index (κ3) is 2.01. The van der Waals surface area contributed by atoms with Gasteiger partial charge >= 0.3 is 0 Å². The molecule has 0 bridgehead atoms. The van der Waals surface area contributed by atoms with Gasteiger partial charge in [-0.1, -0.05) is 0 Å². The number of piperidine rings is 1. The summed E-state index contributed by atoms with van der Waals surface area (Å²) in [6, 6.07) is 1.62. The van der Waals surface area contributed by atoms with Crippen LogP contribution in [0.25, 0.3) is 0 Å². The summed E-state index contributed by atoms with van der Waals surface area (Å²) in [6.07, 6.45) is 2.29. The van der Waals surface area contributed by atoms with Gasteiger partial charge in [0.25, 0.3) is 5.56 Å². The maximum absolute atomic E-state index is 11.2. The van der Waals surface area contributed by atoms with Crippen LogP contribution in [0.1, 0.15) is 30.3 Å². The van der Waals surface area contributed by atoms with Gasteiger partial charge < -0.3 is 10.3 Å². The van der Waals surface area contributed by atoms with Crippen molar-refractivity contribution in [1.82, 2.24) is 15.3 Å². The second-order valence-electron chi connectivity index (χ2n) is 3.80. The summed E-state index contributed by atoms with van der Waals surface area (Å²) in [6.45, 7) is 3.84. The van der Waals surface area contributed by atoms with Crippen LogP contribution in [0.5, 0.6) is 0 Å². The van der Waals surface area contributed by atoms with Crippen molar-refractivity contribution < 1.29 is 0 Å². The molecule has 4 heteroatoms. The number of hydrogen-bond acceptors (Lipinski definition) is 3. The summed E-state index contributed by atoms with van der Waals surface area (Å²) in [5, 5.41) is 3.32. The highest BCUT2D eigenvalue weighted by Crippen LogP contribution is 2.19. The number of aromatic amines is 1. The number of nitrogens with zero attached hydrogens (tertiary/aromatic N) is 1.